The molecule has 61 heavy (non-hydrogen) atoms. The van der Waals surface area contributed by atoms with Gasteiger partial charge in [0.05, 0.1) is 15.9 Å². The Morgan fingerprint density at radius 2 is 0.672 bits per heavy atom. The van der Waals surface area contributed by atoms with E-state index < -0.39 is 0 Å². The van der Waals surface area contributed by atoms with E-state index in [1.165, 1.54) is 5.56 Å². The van der Waals surface area contributed by atoms with Gasteiger partial charge < -0.3 is 0 Å². The summed E-state index contributed by atoms with van der Waals surface area (Å²) < 4.78 is 2.20. The molecule has 0 N–H and O–H groups in total. The van der Waals surface area contributed by atoms with Crippen molar-refractivity contribution in [2.45, 2.75) is 0 Å². The summed E-state index contributed by atoms with van der Waals surface area (Å²) in [5, 5.41) is 1.10. The van der Waals surface area contributed by atoms with E-state index in [0.717, 1.165) is 81.6 Å². The third kappa shape index (κ3) is 7.05. The number of fused-ring (bicyclic) bond motifs is 3. The molecule has 0 aliphatic heterocycles. The quantitative estimate of drug-likeness (QED) is 0.153. The highest BCUT2D eigenvalue weighted by atomic mass is 32.1. The van der Waals surface area contributed by atoms with Gasteiger partial charge in [0.1, 0.15) is 0 Å². The van der Waals surface area contributed by atoms with Crippen molar-refractivity contribution in [3.05, 3.63) is 212 Å². The molecule has 5 nitrogen and oxygen atoms in total. The van der Waals surface area contributed by atoms with Crippen LogP contribution in [0.15, 0.2) is 212 Å². The zero-order valence-electron chi connectivity index (χ0n) is 32.9. The Hall–Kier alpha value is -7.93. The lowest BCUT2D eigenvalue weighted by atomic mass is 9.98. The molecule has 0 saturated heterocycles. The fourth-order valence-corrected chi connectivity index (χ4v) is 9.09. The van der Waals surface area contributed by atoms with Crippen molar-refractivity contribution >= 4 is 31.6 Å². The summed E-state index contributed by atoms with van der Waals surface area (Å²) in [6.07, 6.45) is 0. The first-order chi connectivity index (χ1) is 30.2. The van der Waals surface area contributed by atoms with Crippen molar-refractivity contribution < 1.29 is 0 Å². The zero-order chi connectivity index (χ0) is 40.5. The normalized spacial score (nSPS) is 11.3. The topological polar surface area (TPSA) is 64.5 Å². The van der Waals surface area contributed by atoms with E-state index in [2.05, 4.69) is 164 Å². The number of nitrogens with zero attached hydrogens (tertiary/aromatic N) is 5. The van der Waals surface area contributed by atoms with Gasteiger partial charge >= 0.3 is 0 Å². The van der Waals surface area contributed by atoms with Crippen LogP contribution in [0.25, 0.3) is 110 Å². The smallest absolute Gasteiger partial charge is 0.164 e. The molecule has 0 aliphatic carbocycles. The third-order valence-electron chi connectivity index (χ3n) is 11.0. The van der Waals surface area contributed by atoms with E-state index >= 15 is 0 Å². The molecule has 286 valence electrons. The first-order valence-corrected chi connectivity index (χ1v) is 21.1. The van der Waals surface area contributed by atoms with Crippen LogP contribution in [-0.2, 0) is 0 Å². The third-order valence-corrected chi connectivity index (χ3v) is 12.1. The molecular weight excluding hydrogens is 763 g/mol. The second kappa shape index (κ2) is 15.7. The Bertz CT molecular complexity index is 3320. The van der Waals surface area contributed by atoms with Crippen LogP contribution in [0.2, 0.25) is 0 Å². The highest BCUT2D eigenvalue weighted by molar-refractivity contribution is 7.26. The molecule has 11 rings (SSSR count). The maximum atomic E-state index is 5.37. The summed E-state index contributed by atoms with van der Waals surface area (Å²) in [7, 11) is 0. The Morgan fingerprint density at radius 3 is 1.23 bits per heavy atom. The molecule has 8 aromatic carbocycles. The average Bonchev–Trinajstić information content (AvgIpc) is 3.74. The summed E-state index contributed by atoms with van der Waals surface area (Å²) >= 11 is 1.74. The van der Waals surface area contributed by atoms with E-state index in [-0.39, 0.29) is 0 Å². The van der Waals surface area contributed by atoms with E-state index in [4.69, 9.17) is 24.9 Å². The lowest BCUT2D eigenvalue weighted by molar-refractivity contribution is 1.07. The first-order valence-electron chi connectivity index (χ1n) is 20.2. The van der Waals surface area contributed by atoms with Crippen molar-refractivity contribution in [3.8, 4) is 90.2 Å². The van der Waals surface area contributed by atoms with Gasteiger partial charge in [0, 0.05) is 37.9 Å². The van der Waals surface area contributed by atoms with Gasteiger partial charge in [0.25, 0.3) is 0 Å². The predicted octanol–water partition coefficient (Wildman–Crippen LogP) is 14.4. The van der Waals surface area contributed by atoms with E-state index in [1.807, 2.05) is 48.5 Å². The Kier molecular flexibility index (Phi) is 9.30. The fourth-order valence-electron chi connectivity index (χ4n) is 7.91. The second-order valence-corrected chi connectivity index (χ2v) is 15.9. The van der Waals surface area contributed by atoms with E-state index in [9.17, 15) is 0 Å². The molecule has 0 radical (unpaired) electrons. The fraction of sp³-hybridized carbons (Fsp3) is 0. The van der Waals surface area contributed by atoms with Gasteiger partial charge in [-0.3, -0.25) is 0 Å². The lowest BCUT2D eigenvalue weighted by Gasteiger charge is -2.11. The van der Waals surface area contributed by atoms with Crippen LogP contribution >= 0.6 is 11.3 Å². The molecular formula is C55H35N5S. The largest absolute Gasteiger partial charge is 0.226 e. The van der Waals surface area contributed by atoms with Crippen molar-refractivity contribution in [2.24, 2.45) is 0 Å². The number of thiophene rings is 1. The summed E-state index contributed by atoms with van der Waals surface area (Å²) in [6, 6.07) is 73.4. The van der Waals surface area contributed by atoms with Gasteiger partial charge in [0.15, 0.2) is 23.3 Å². The highest BCUT2D eigenvalue weighted by Gasteiger charge is 2.20. The van der Waals surface area contributed by atoms with Crippen LogP contribution in [0.4, 0.5) is 0 Å². The first kappa shape index (κ1) is 36.2. The number of rotatable bonds is 8. The molecule has 0 unspecified atom stereocenters. The van der Waals surface area contributed by atoms with Gasteiger partial charge in [-0.05, 0) is 45.5 Å². The number of aromatic nitrogens is 5. The molecule has 0 spiro atoms. The van der Waals surface area contributed by atoms with Gasteiger partial charge in [-0.25, -0.2) is 24.9 Å². The molecule has 0 fully saturated rings. The van der Waals surface area contributed by atoms with Gasteiger partial charge in [-0.1, -0.05) is 200 Å². The van der Waals surface area contributed by atoms with Crippen LogP contribution in [0, 0.1) is 0 Å². The van der Waals surface area contributed by atoms with Gasteiger partial charge in [0.2, 0.25) is 0 Å². The maximum absolute atomic E-state index is 5.37. The summed E-state index contributed by atoms with van der Waals surface area (Å²) in [6.45, 7) is 0. The average molecular weight is 798 g/mol. The summed E-state index contributed by atoms with van der Waals surface area (Å²) in [5.74, 6) is 2.54. The lowest BCUT2D eigenvalue weighted by Crippen LogP contribution is -2.00. The second-order valence-electron chi connectivity index (χ2n) is 14.9. The monoisotopic (exact) mass is 797 g/mol. The minimum absolute atomic E-state index is 0.607. The van der Waals surface area contributed by atoms with E-state index in [1.54, 1.807) is 11.3 Å². The number of hydrogen-bond acceptors (Lipinski definition) is 6. The summed E-state index contributed by atoms with van der Waals surface area (Å²) in [5.41, 5.74) is 13.4. The number of benzene rings is 8. The Labute approximate surface area is 357 Å². The Morgan fingerprint density at radius 1 is 0.279 bits per heavy atom. The molecule has 0 saturated carbocycles. The van der Waals surface area contributed by atoms with E-state index in [0.29, 0.717) is 23.3 Å². The molecule has 0 amide bonds. The molecule has 6 heteroatoms. The van der Waals surface area contributed by atoms with Crippen molar-refractivity contribution in [1.82, 2.24) is 24.9 Å². The molecule has 11 aromatic rings. The van der Waals surface area contributed by atoms with Crippen LogP contribution < -0.4 is 0 Å². The van der Waals surface area contributed by atoms with Crippen molar-refractivity contribution in [2.75, 3.05) is 0 Å². The maximum Gasteiger partial charge on any atom is 0.164 e. The van der Waals surface area contributed by atoms with Crippen LogP contribution in [-0.4, -0.2) is 24.9 Å². The number of hydrogen-bond donors (Lipinski definition) is 0. The molecule has 3 heterocycles. The summed E-state index contributed by atoms with van der Waals surface area (Å²) in [4.78, 5) is 25.8. The van der Waals surface area contributed by atoms with Crippen LogP contribution in [0.1, 0.15) is 0 Å². The molecule has 0 aliphatic rings. The standard InChI is InChI=1S/C55H35N5S/c1-5-15-36(16-6-1)38-27-31-42(32-28-38)52-56-49(40-19-9-3-10-20-40)51-50(57-52)48-46(25-14-26-47(48)61-51)44-23-13-24-45(35-44)55-59-53(41-21-11-4-12-22-41)58-54(60-55)43-33-29-39(30-34-43)37-17-7-2-8-18-37/h1-35H. The molecule has 0 bridgehead atoms. The van der Waals surface area contributed by atoms with Crippen molar-refractivity contribution in [3.63, 3.8) is 0 Å². The zero-order valence-corrected chi connectivity index (χ0v) is 33.7. The van der Waals surface area contributed by atoms with Gasteiger partial charge in [-0.2, -0.15) is 0 Å². The molecule has 3 aromatic heterocycles. The van der Waals surface area contributed by atoms with Crippen LogP contribution in [0.3, 0.4) is 0 Å². The van der Waals surface area contributed by atoms with Crippen LogP contribution in [0.5, 0.6) is 0 Å². The predicted molar refractivity (Wildman–Crippen MR) is 252 cm³/mol. The SMILES string of the molecule is c1ccc(-c2ccc(-c3nc(-c4ccccc4)nc(-c4cccc(-c5cccc6sc7c(-c8ccccc8)nc(-c8ccc(-c9ccccc9)cc8)nc7c56)c4)n3)cc2)cc1. The Balaban J connectivity index is 1.04. The minimum atomic E-state index is 0.607. The van der Waals surface area contributed by atoms with Gasteiger partial charge in [-0.15, -0.1) is 11.3 Å². The highest BCUT2D eigenvalue weighted by Crippen LogP contribution is 2.44. The minimum Gasteiger partial charge on any atom is -0.226 e. The molecule has 0 atom stereocenters. The van der Waals surface area contributed by atoms with Crippen molar-refractivity contribution in [1.29, 1.82) is 0 Å².